The van der Waals surface area contributed by atoms with Gasteiger partial charge in [0.1, 0.15) is 10.6 Å². The third-order valence-electron chi connectivity index (χ3n) is 3.37. The maximum absolute atomic E-state index is 14.0. The number of benzene rings is 1. The first-order valence-corrected chi connectivity index (χ1v) is 7.59. The molecule has 2 rings (SSSR count). The van der Waals surface area contributed by atoms with E-state index in [4.69, 9.17) is 5.11 Å². The van der Waals surface area contributed by atoms with Crippen LogP contribution in [-0.4, -0.2) is 20.4 Å². The highest BCUT2D eigenvalue weighted by Crippen LogP contribution is 2.36. The Balaban J connectivity index is 2.33. The Morgan fingerprint density at radius 2 is 2.15 bits per heavy atom. The quantitative estimate of drug-likeness (QED) is 0.841. The topological polar surface area (TPSA) is 72.4 Å². The number of carboxylic acid groups (broad SMARTS) is 1. The molecule has 0 amide bonds. The molecule has 1 aromatic carbocycles. The van der Waals surface area contributed by atoms with Crippen molar-refractivity contribution in [1.82, 2.24) is 4.72 Å². The van der Waals surface area contributed by atoms with Crippen LogP contribution in [0.4, 0.5) is 4.39 Å². The zero-order chi connectivity index (χ0) is 15.1. The second-order valence-electron chi connectivity index (χ2n) is 5.88. The van der Waals surface area contributed by atoms with Crippen molar-refractivity contribution in [3.63, 3.8) is 0 Å². The zero-order valence-corrected chi connectivity index (χ0v) is 12.5. The van der Waals surface area contributed by atoms with Gasteiger partial charge >= 0.3 is 5.97 Å². The number of fused-ring (bicyclic) bond motifs is 1. The van der Waals surface area contributed by atoms with E-state index in [9.17, 15) is 13.7 Å². The molecule has 0 spiro atoms. The smallest absolute Gasteiger partial charge is 0.335 e. The molecule has 0 bridgehead atoms. The molecule has 4 nitrogen and oxygen atoms in total. The first kappa shape index (κ1) is 15.3. The SMILES string of the molecule is CC(C)(C)[S@@+]([O-])N[C@@H]1CCc2c(C(=O)O)ccc(F)c21. The zero-order valence-electron chi connectivity index (χ0n) is 11.7. The highest BCUT2D eigenvalue weighted by Gasteiger charge is 2.36. The van der Waals surface area contributed by atoms with Crippen LogP contribution in [0.2, 0.25) is 0 Å². The van der Waals surface area contributed by atoms with Crippen LogP contribution in [0.5, 0.6) is 0 Å². The van der Waals surface area contributed by atoms with Crippen molar-refractivity contribution in [2.24, 2.45) is 0 Å². The summed E-state index contributed by atoms with van der Waals surface area (Å²) in [6, 6.07) is 2.06. The van der Waals surface area contributed by atoms with Crippen LogP contribution in [0, 0.1) is 5.82 Å². The van der Waals surface area contributed by atoms with E-state index in [1.807, 2.05) is 20.8 Å². The Morgan fingerprint density at radius 3 is 2.70 bits per heavy atom. The highest BCUT2D eigenvalue weighted by atomic mass is 32.2. The molecule has 110 valence electrons. The Morgan fingerprint density at radius 1 is 1.50 bits per heavy atom. The van der Waals surface area contributed by atoms with E-state index in [2.05, 4.69) is 4.72 Å². The molecule has 2 N–H and O–H groups in total. The predicted octanol–water partition coefficient (Wildman–Crippen LogP) is 2.56. The Labute approximate surface area is 120 Å². The summed E-state index contributed by atoms with van der Waals surface area (Å²) < 4.78 is 28.6. The Kier molecular flexibility index (Phi) is 4.09. The van der Waals surface area contributed by atoms with Crippen molar-refractivity contribution in [2.45, 2.75) is 44.4 Å². The highest BCUT2D eigenvalue weighted by molar-refractivity contribution is 7.90. The minimum absolute atomic E-state index is 0.132. The van der Waals surface area contributed by atoms with Gasteiger partial charge in [0.25, 0.3) is 0 Å². The van der Waals surface area contributed by atoms with E-state index in [-0.39, 0.29) is 5.56 Å². The van der Waals surface area contributed by atoms with E-state index in [0.717, 1.165) is 0 Å². The minimum Gasteiger partial charge on any atom is -0.598 e. The maximum atomic E-state index is 14.0. The lowest BCUT2D eigenvalue weighted by molar-refractivity contribution is 0.0695. The van der Waals surface area contributed by atoms with Gasteiger partial charge in [-0.05, 0) is 51.3 Å². The molecule has 0 aliphatic heterocycles. The van der Waals surface area contributed by atoms with Gasteiger partial charge in [-0.3, -0.25) is 0 Å². The summed E-state index contributed by atoms with van der Waals surface area (Å²) in [5.74, 6) is -1.50. The third-order valence-corrected chi connectivity index (χ3v) is 4.98. The number of nitrogens with one attached hydrogen (secondary N) is 1. The lowest BCUT2D eigenvalue weighted by Crippen LogP contribution is -2.40. The number of carbonyl (C=O) groups is 1. The van der Waals surface area contributed by atoms with E-state index >= 15 is 0 Å². The van der Waals surface area contributed by atoms with Gasteiger partial charge in [-0.2, -0.15) is 0 Å². The molecule has 6 heteroatoms. The van der Waals surface area contributed by atoms with Crippen LogP contribution in [0.15, 0.2) is 12.1 Å². The van der Waals surface area contributed by atoms with Gasteiger partial charge < -0.3 is 9.66 Å². The fourth-order valence-corrected chi connectivity index (χ4v) is 3.19. The number of aromatic carboxylic acids is 1. The van der Waals surface area contributed by atoms with Crippen LogP contribution in [0.25, 0.3) is 0 Å². The number of carboxylic acids is 1. The summed E-state index contributed by atoms with van der Waals surface area (Å²) in [4.78, 5) is 11.2. The summed E-state index contributed by atoms with van der Waals surface area (Å²) in [6.45, 7) is 5.49. The van der Waals surface area contributed by atoms with Crippen molar-refractivity contribution in [3.8, 4) is 0 Å². The van der Waals surface area contributed by atoms with Crippen LogP contribution < -0.4 is 4.72 Å². The average Bonchev–Trinajstić information content (AvgIpc) is 2.72. The molecular weight excluding hydrogens is 281 g/mol. The Hall–Kier alpha value is -1.11. The fraction of sp³-hybridized carbons (Fsp3) is 0.500. The average molecular weight is 299 g/mol. The van der Waals surface area contributed by atoms with Gasteiger partial charge in [-0.15, -0.1) is 4.72 Å². The molecule has 0 heterocycles. The number of halogens is 1. The molecule has 1 aromatic rings. The normalized spacial score (nSPS) is 19.8. The molecule has 1 aliphatic carbocycles. The molecule has 0 fully saturated rings. The summed E-state index contributed by atoms with van der Waals surface area (Å²) in [6.07, 6.45) is 1.03. The van der Waals surface area contributed by atoms with Crippen LogP contribution in [-0.2, 0) is 17.8 Å². The van der Waals surface area contributed by atoms with Crippen molar-refractivity contribution >= 4 is 17.3 Å². The van der Waals surface area contributed by atoms with Gasteiger partial charge in [0.15, 0.2) is 0 Å². The van der Waals surface area contributed by atoms with E-state index in [1.54, 1.807) is 0 Å². The monoisotopic (exact) mass is 299 g/mol. The molecule has 0 saturated carbocycles. The summed E-state index contributed by atoms with van der Waals surface area (Å²) >= 11 is -1.32. The molecule has 0 radical (unpaired) electrons. The first-order valence-electron chi connectivity index (χ1n) is 6.44. The molecule has 0 unspecified atom stereocenters. The second kappa shape index (κ2) is 5.35. The molecule has 1 aliphatic rings. The fourth-order valence-electron chi connectivity index (χ4n) is 2.34. The largest absolute Gasteiger partial charge is 0.598 e. The molecule has 20 heavy (non-hydrogen) atoms. The van der Waals surface area contributed by atoms with Crippen LogP contribution in [0.1, 0.15) is 54.7 Å². The van der Waals surface area contributed by atoms with Gasteiger partial charge in [0.05, 0.1) is 11.6 Å². The molecule has 0 saturated heterocycles. The van der Waals surface area contributed by atoms with E-state index in [0.29, 0.717) is 24.0 Å². The third kappa shape index (κ3) is 2.82. The minimum atomic E-state index is -1.32. The first-order chi connectivity index (χ1) is 9.21. The summed E-state index contributed by atoms with van der Waals surface area (Å²) in [7, 11) is 0. The van der Waals surface area contributed by atoms with Crippen LogP contribution >= 0.6 is 0 Å². The van der Waals surface area contributed by atoms with Gasteiger partial charge in [0, 0.05) is 16.9 Å². The van der Waals surface area contributed by atoms with Crippen molar-refractivity contribution < 1.29 is 18.8 Å². The lowest BCUT2D eigenvalue weighted by Gasteiger charge is -2.26. The predicted molar refractivity (Wildman–Crippen MR) is 75.5 cm³/mol. The van der Waals surface area contributed by atoms with E-state index in [1.165, 1.54) is 12.1 Å². The number of rotatable bonds is 3. The molecule has 2 atom stereocenters. The van der Waals surface area contributed by atoms with Crippen molar-refractivity contribution in [2.75, 3.05) is 0 Å². The standard InChI is InChI=1S/C14H18FNO3S/c1-14(2,3)20(19)16-11-7-5-8-9(13(17)18)4-6-10(15)12(8)11/h4,6,11,16H,5,7H2,1-3H3,(H,17,18)/t11-,20-/m1/s1. The second-order valence-corrected chi connectivity index (χ2v) is 7.88. The number of hydrogen-bond acceptors (Lipinski definition) is 3. The number of hydrogen-bond donors (Lipinski definition) is 2. The van der Waals surface area contributed by atoms with Crippen LogP contribution in [0.3, 0.4) is 0 Å². The maximum Gasteiger partial charge on any atom is 0.335 e. The van der Waals surface area contributed by atoms with Crippen molar-refractivity contribution in [1.29, 1.82) is 0 Å². The van der Waals surface area contributed by atoms with E-state index < -0.39 is 33.9 Å². The molecular formula is C14H18FNO3S. The van der Waals surface area contributed by atoms with Gasteiger partial charge in [-0.1, -0.05) is 0 Å². The van der Waals surface area contributed by atoms with Crippen molar-refractivity contribution in [3.05, 3.63) is 34.6 Å². The summed E-state index contributed by atoms with van der Waals surface area (Å²) in [5, 5.41) is 9.13. The van der Waals surface area contributed by atoms with Gasteiger partial charge in [-0.25, -0.2) is 9.18 Å². The molecule has 0 aromatic heterocycles. The lowest BCUT2D eigenvalue weighted by atomic mass is 10.0. The summed E-state index contributed by atoms with van der Waals surface area (Å²) in [5.41, 5.74) is 0.996. The Bertz CT molecular complexity index is 542. The van der Waals surface area contributed by atoms with Gasteiger partial charge in [0.2, 0.25) is 0 Å².